The summed E-state index contributed by atoms with van der Waals surface area (Å²) >= 11 is 0. The smallest absolute Gasteiger partial charge is 0.135 e. The van der Waals surface area contributed by atoms with E-state index in [9.17, 15) is 0 Å². The van der Waals surface area contributed by atoms with Gasteiger partial charge in [-0.1, -0.05) is 152 Å². The summed E-state index contributed by atoms with van der Waals surface area (Å²) in [5, 5.41) is 9.20. The number of hydrogen-bond acceptors (Lipinski definition) is 1. The molecule has 228 valence electrons. The highest BCUT2D eigenvalue weighted by Crippen LogP contribution is 2.44. The Kier molecular flexibility index (Phi) is 5.79. The van der Waals surface area contributed by atoms with Crippen molar-refractivity contribution in [3.05, 3.63) is 182 Å². The van der Waals surface area contributed by atoms with Gasteiger partial charge in [0.05, 0.1) is 2.74 Å². The van der Waals surface area contributed by atoms with Crippen LogP contribution in [0.15, 0.2) is 186 Å². The predicted octanol–water partition coefficient (Wildman–Crippen LogP) is 13.7. The average molecular weight is 625 g/mol. The van der Waals surface area contributed by atoms with E-state index < -0.39 is 0 Å². The fourth-order valence-electron chi connectivity index (χ4n) is 7.59. The molecule has 1 heterocycles. The van der Waals surface area contributed by atoms with Crippen LogP contribution < -0.4 is 0 Å². The Hall–Kier alpha value is -6.44. The summed E-state index contributed by atoms with van der Waals surface area (Å²) in [6.07, 6.45) is 0. The standard InChI is InChI=1S/C48H30O/c1-2-11-34-28-36(25-22-31(34)10-1)32-20-23-33(24-21-32)47-40-15-3-5-17-42(40)48(43-18-6-4-16-41(43)47)38-13-9-12-35(29-38)37-26-27-46-44(30-37)39-14-7-8-19-45(39)49-46/h1-30H/i1D,8D. The molecule has 0 aliphatic rings. The quantitative estimate of drug-likeness (QED) is 0.178. The first-order valence-electron chi connectivity index (χ1n) is 17.7. The third-order valence-corrected chi connectivity index (χ3v) is 9.92. The van der Waals surface area contributed by atoms with Crippen molar-refractivity contribution >= 4 is 54.3 Å². The monoisotopic (exact) mass is 624 g/mol. The molecule has 0 unspecified atom stereocenters. The second kappa shape index (κ2) is 11.1. The van der Waals surface area contributed by atoms with Crippen molar-refractivity contribution in [3.8, 4) is 44.5 Å². The van der Waals surface area contributed by atoms with E-state index in [1.54, 1.807) is 6.07 Å². The number of furan rings is 1. The van der Waals surface area contributed by atoms with Gasteiger partial charge in [0.15, 0.2) is 0 Å². The average Bonchev–Trinajstić information content (AvgIpc) is 3.53. The maximum atomic E-state index is 8.01. The van der Waals surface area contributed by atoms with Gasteiger partial charge in [0, 0.05) is 10.8 Å². The molecule has 1 heteroatoms. The van der Waals surface area contributed by atoms with Crippen LogP contribution in [0.5, 0.6) is 0 Å². The van der Waals surface area contributed by atoms with Crippen LogP contribution >= 0.6 is 0 Å². The fourth-order valence-corrected chi connectivity index (χ4v) is 7.59. The molecule has 1 aromatic heterocycles. The summed E-state index contributed by atoms with van der Waals surface area (Å²) in [7, 11) is 0. The first-order valence-corrected chi connectivity index (χ1v) is 16.7. The highest BCUT2D eigenvalue weighted by atomic mass is 16.3. The Bertz CT molecular complexity index is 2930. The largest absolute Gasteiger partial charge is 0.456 e. The fraction of sp³-hybridized carbons (Fsp3) is 0. The van der Waals surface area contributed by atoms with Crippen molar-refractivity contribution in [3.63, 3.8) is 0 Å². The molecule has 9 aromatic carbocycles. The summed E-state index contributed by atoms with van der Waals surface area (Å²) in [5.74, 6) is 0. The number of hydrogen-bond donors (Lipinski definition) is 0. The Morgan fingerprint density at radius 2 is 0.857 bits per heavy atom. The first kappa shape index (κ1) is 25.6. The van der Waals surface area contributed by atoms with Gasteiger partial charge in [-0.2, -0.15) is 0 Å². The highest BCUT2D eigenvalue weighted by molar-refractivity contribution is 6.21. The van der Waals surface area contributed by atoms with Gasteiger partial charge in [0.1, 0.15) is 11.2 Å². The SMILES string of the molecule is [2H]c1ccc2cc(-c3ccc(-c4c5ccccc5c(-c5cccc(-c6ccc7oc8cc([2H])ccc8c7c6)c5)c5ccccc45)cc3)ccc2c1. The lowest BCUT2D eigenvalue weighted by molar-refractivity contribution is 0.669. The molecule has 1 nitrogen and oxygen atoms in total. The van der Waals surface area contributed by atoms with Crippen LogP contribution in [0.1, 0.15) is 2.74 Å². The summed E-state index contributed by atoms with van der Waals surface area (Å²) in [6.45, 7) is 0. The number of rotatable bonds is 4. The molecule has 0 aliphatic carbocycles. The lowest BCUT2D eigenvalue weighted by Gasteiger charge is -2.18. The lowest BCUT2D eigenvalue weighted by Crippen LogP contribution is -1.91. The molecule has 0 atom stereocenters. The van der Waals surface area contributed by atoms with Crippen LogP contribution in [0.3, 0.4) is 0 Å². The van der Waals surface area contributed by atoms with Crippen molar-refractivity contribution in [1.82, 2.24) is 0 Å². The Morgan fingerprint density at radius 1 is 0.306 bits per heavy atom. The third-order valence-electron chi connectivity index (χ3n) is 9.92. The molecule has 0 bridgehead atoms. The summed E-state index contributed by atoms with van der Waals surface area (Å²) in [5.41, 5.74) is 11.0. The van der Waals surface area contributed by atoms with Crippen molar-refractivity contribution in [2.75, 3.05) is 0 Å². The van der Waals surface area contributed by atoms with Crippen molar-refractivity contribution in [2.45, 2.75) is 0 Å². The van der Waals surface area contributed by atoms with E-state index in [1.807, 2.05) is 36.4 Å². The van der Waals surface area contributed by atoms with Gasteiger partial charge < -0.3 is 4.42 Å². The summed E-state index contributed by atoms with van der Waals surface area (Å²) < 4.78 is 22.1. The zero-order valence-electron chi connectivity index (χ0n) is 28.6. The van der Waals surface area contributed by atoms with Crippen LogP contribution in [-0.4, -0.2) is 0 Å². The molecule has 0 saturated heterocycles. The van der Waals surface area contributed by atoms with E-state index in [-0.39, 0.29) is 0 Å². The van der Waals surface area contributed by atoms with E-state index in [2.05, 4.69) is 127 Å². The van der Waals surface area contributed by atoms with Crippen LogP contribution in [0.2, 0.25) is 0 Å². The second-order valence-electron chi connectivity index (χ2n) is 12.7. The minimum atomic E-state index is 0.447. The normalized spacial score (nSPS) is 12.2. The molecule has 0 fully saturated rings. The summed E-state index contributed by atoms with van der Waals surface area (Å²) in [4.78, 5) is 0. The van der Waals surface area contributed by atoms with Gasteiger partial charge in [0.2, 0.25) is 0 Å². The number of fused-ring (bicyclic) bond motifs is 6. The van der Waals surface area contributed by atoms with Gasteiger partial charge in [-0.05, 0) is 107 Å². The molecule has 10 rings (SSSR count). The first-order chi connectivity index (χ1) is 25.1. The van der Waals surface area contributed by atoms with E-state index in [1.165, 1.54) is 54.9 Å². The topological polar surface area (TPSA) is 13.1 Å². The molecular weight excluding hydrogens is 593 g/mol. The van der Waals surface area contributed by atoms with Crippen LogP contribution in [-0.2, 0) is 0 Å². The van der Waals surface area contributed by atoms with E-state index in [0.29, 0.717) is 12.1 Å². The van der Waals surface area contributed by atoms with Crippen LogP contribution in [0, 0.1) is 0 Å². The predicted molar refractivity (Wildman–Crippen MR) is 208 cm³/mol. The minimum Gasteiger partial charge on any atom is -0.456 e. The van der Waals surface area contributed by atoms with E-state index in [0.717, 1.165) is 43.8 Å². The third kappa shape index (κ3) is 4.55. The Morgan fingerprint density at radius 3 is 1.63 bits per heavy atom. The molecule has 0 spiro atoms. The zero-order valence-corrected chi connectivity index (χ0v) is 26.6. The molecular formula is C48H30O. The molecule has 0 aliphatic heterocycles. The summed E-state index contributed by atoms with van der Waals surface area (Å²) in [6, 6.07) is 60.6. The molecule has 0 radical (unpaired) electrons. The number of para-hydroxylation sites is 1. The molecule has 0 N–H and O–H groups in total. The van der Waals surface area contributed by atoms with Crippen LogP contribution in [0.4, 0.5) is 0 Å². The van der Waals surface area contributed by atoms with Gasteiger partial charge in [-0.15, -0.1) is 0 Å². The van der Waals surface area contributed by atoms with Crippen molar-refractivity contribution in [1.29, 1.82) is 0 Å². The van der Waals surface area contributed by atoms with Gasteiger partial charge in [-0.25, -0.2) is 0 Å². The molecule has 49 heavy (non-hydrogen) atoms. The Balaban J connectivity index is 1.11. The zero-order chi connectivity index (χ0) is 34.1. The van der Waals surface area contributed by atoms with Crippen molar-refractivity contribution < 1.29 is 7.16 Å². The lowest BCUT2D eigenvalue weighted by atomic mass is 9.85. The Labute approximate surface area is 287 Å². The van der Waals surface area contributed by atoms with E-state index >= 15 is 0 Å². The van der Waals surface area contributed by atoms with Gasteiger partial charge in [0.25, 0.3) is 0 Å². The van der Waals surface area contributed by atoms with E-state index in [4.69, 9.17) is 7.16 Å². The maximum absolute atomic E-state index is 8.01. The van der Waals surface area contributed by atoms with Gasteiger partial charge >= 0.3 is 0 Å². The van der Waals surface area contributed by atoms with Crippen LogP contribution in [0.25, 0.3) is 98.8 Å². The molecule has 0 saturated carbocycles. The van der Waals surface area contributed by atoms with Crippen molar-refractivity contribution in [2.24, 2.45) is 0 Å². The highest BCUT2D eigenvalue weighted by Gasteiger charge is 2.17. The minimum absolute atomic E-state index is 0.447. The maximum Gasteiger partial charge on any atom is 0.135 e. The molecule has 0 amide bonds. The molecule has 10 aromatic rings. The van der Waals surface area contributed by atoms with Gasteiger partial charge in [-0.3, -0.25) is 0 Å². The second-order valence-corrected chi connectivity index (χ2v) is 12.7. The number of benzene rings is 9.